The molecule has 0 saturated heterocycles. The zero-order chi connectivity index (χ0) is 13.7. The Balaban J connectivity index is 2.01. The molecule has 1 aromatic rings. The molecule has 0 radical (unpaired) electrons. The molecule has 2 rings (SSSR count). The van der Waals surface area contributed by atoms with Crippen molar-refractivity contribution in [3.05, 3.63) is 28.2 Å². The summed E-state index contributed by atoms with van der Waals surface area (Å²) in [5.74, 6) is 0. The third-order valence-electron chi connectivity index (χ3n) is 3.35. The largest absolute Gasteiger partial charge is 0.380 e. The molecule has 1 saturated carbocycles. The van der Waals surface area contributed by atoms with Gasteiger partial charge in [-0.3, -0.25) is 0 Å². The summed E-state index contributed by atoms with van der Waals surface area (Å²) in [6.07, 6.45) is 4.57. The lowest BCUT2D eigenvalue weighted by molar-refractivity contribution is 0.185. The topological polar surface area (TPSA) is 50.4 Å². The molecule has 2 N–H and O–H groups in total. The van der Waals surface area contributed by atoms with Gasteiger partial charge in [-0.2, -0.15) is 0 Å². The van der Waals surface area contributed by atoms with Crippen molar-refractivity contribution in [1.82, 2.24) is 5.32 Å². The van der Waals surface area contributed by atoms with E-state index >= 15 is 0 Å². The van der Waals surface area contributed by atoms with E-state index in [1.165, 1.54) is 12.8 Å². The Labute approximate surface area is 122 Å². The van der Waals surface area contributed by atoms with Crippen molar-refractivity contribution in [3.8, 4) is 0 Å². The predicted octanol–water partition coefficient (Wildman–Crippen LogP) is 3.66. The Kier molecular flexibility index (Phi) is 5.22. The van der Waals surface area contributed by atoms with Gasteiger partial charge in [0.05, 0.1) is 6.61 Å². The highest BCUT2D eigenvalue weighted by Crippen LogP contribution is 2.25. The van der Waals surface area contributed by atoms with Gasteiger partial charge in [-0.05, 0) is 25.0 Å². The van der Waals surface area contributed by atoms with Crippen molar-refractivity contribution in [1.29, 1.82) is 0 Å². The Bertz CT molecular complexity index is 445. The minimum atomic E-state index is -0.137. The first-order valence-corrected chi connectivity index (χ1v) is 7.34. The van der Waals surface area contributed by atoms with Crippen LogP contribution in [0.25, 0.3) is 0 Å². The molecule has 0 heterocycles. The van der Waals surface area contributed by atoms with E-state index in [2.05, 4.69) is 26.6 Å². The van der Waals surface area contributed by atoms with E-state index in [1.54, 1.807) is 7.11 Å². The van der Waals surface area contributed by atoms with Gasteiger partial charge >= 0.3 is 6.03 Å². The SMILES string of the molecule is COCc1c(Br)cccc1NC(=O)NC1CCCC1. The number of urea groups is 1. The monoisotopic (exact) mass is 326 g/mol. The molecular weight excluding hydrogens is 308 g/mol. The zero-order valence-electron chi connectivity index (χ0n) is 11.0. The van der Waals surface area contributed by atoms with Crippen LogP contribution >= 0.6 is 15.9 Å². The number of rotatable bonds is 4. The van der Waals surface area contributed by atoms with Gasteiger partial charge in [-0.1, -0.05) is 34.8 Å². The van der Waals surface area contributed by atoms with Crippen LogP contribution in [0.3, 0.4) is 0 Å². The summed E-state index contributed by atoms with van der Waals surface area (Å²) in [5.41, 5.74) is 1.73. The van der Waals surface area contributed by atoms with Crippen molar-refractivity contribution >= 4 is 27.6 Å². The van der Waals surface area contributed by atoms with Gasteiger partial charge in [0.1, 0.15) is 0 Å². The summed E-state index contributed by atoms with van der Waals surface area (Å²) in [4.78, 5) is 12.0. The molecule has 1 aromatic carbocycles. The molecule has 5 heteroatoms. The third-order valence-corrected chi connectivity index (χ3v) is 4.09. The number of methoxy groups -OCH3 is 1. The molecule has 0 unspecified atom stereocenters. The van der Waals surface area contributed by atoms with E-state index in [0.717, 1.165) is 28.6 Å². The maximum absolute atomic E-state index is 12.0. The van der Waals surface area contributed by atoms with Crippen LogP contribution in [0.4, 0.5) is 10.5 Å². The van der Waals surface area contributed by atoms with Crippen LogP contribution in [-0.4, -0.2) is 19.2 Å². The number of halogens is 1. The minimum absolute atomic E-state index is 0.137. The molecule has 0 spiro atoms. The van der Waals surface area contributed by atoms with Gasteiger partial charge < -0.3 is 15.4 Å². The van der Waals surface area contributed by atoms with Gasteiger partial charge in [0, 0.05) is 28.9 Å². The van der Waals surface area contributed by atoms with E-state index in [9.17, 15) is 4.79 Å². The number of amides is 2. The summed E-state index contributed by atoms with van der Waals surface area (Å²) >= 11 is 3.47. The smallest absolute Gasteiger partial charge is 0.319 e. The molecule has 104 valence electrons. The Hall–Kier alpha value is -1.07. The third kappa shape index (κ3) is 3.94. The Morgan fingerprint density at radius 3 is 2.84 bits per heavy atom. The first-order chi connectivity index (χ1) is 9.20. The number of hydrogen-bond acceptors (Lipinski definition) is 2. The number of benzene rings is 1. The van der Waals surface area contributed by atoms with Crippen LogP contribution in [0.2, 0.25) is 0 Å². The number of anilines is 1. The highest BCUT2D eigenvalue weighted by Gasteiger charge is 2.17. The van der Waals surface area contributed by atoms with Crippen LogP contribution in [0.5, 0.6) is 0 Å². The van der Waals surface area contributed by atoms with Gasteiger partial charge in [0.2, 0.25) is 0 Å². The van der Waals surface area contributed by atoms with Crippen molar-refractivity contribution in [2.45, 2.75) is 38.3 Å². The van der Waals surface area contributed by atoms with Crippen molar-refractivity contribution in [3.63, 3.8) is 0 Å². The first kappa shape index (κ1) is 14.3. The average Bonchev–Trinajstić information content (AvgIpc) is 2.86. The number of carbonyl (C=O) groups excluding carboxylic acids is 1. The number of ether oxygens (including phenoxy) is 1. The fraction of sp³-hybridized carbons (Fsp3) is 0.500. The summed E-state index contributed by atoms with van der Waals surface area (Å²) in [6.45, 7) is 0.459. The van der Waals surface area contributed by atoms with Crippen LogP contribution in [0.1, 0.15) is 31.2 Å². The molecule has 4 nitrogen and oxygen atoms in total. The maximum Gasteiger partial charge on any atom is 0.319 e. The molecular formula is C14H19BrN2O2. The molecule has 0 aliphatic heterocycles. The maximum atomic E-state index is 12.0. The van der Waals surface area contributed by atoms with Crippen molar-refractivity contribution in [2.75, 3.05) is 12.4 Å². The van der Waals surface area contributed by atoms with Crippen molar-refractivity contribution in [2.24, 2.45) is 0 Å². The second-order valence-electron chi connectivity index (χ2n) is 4.78. The normalized spacial score (nSPS) is 15.5. The summed E-state index contributed by atoms with van der Waals surface area (Å²) in [7, 11) is 1.64. The lowest BCUT2D eigenvalue weighted by Gasteiger charge is -2.15. The van der Waals surface area contributed by atoms with E-state index < -0.39 is 0 Å². The Morgan fingerprint density at radius 2 is 2.16 bits per heavy atom. The fourth-order valence-electron chi connectivity index (χ4n) is 2.38. The number of carbonyl (C=O) groups is 1. The van der Waals surface area contributed by atoms with Gasteiger partial charge in [-0.15, -0.1) is 0 Å². The van der Waals surface area contributed by atoms with Gasteiger partial charge in [-0.25, -0.2) is 4.79 Å². The van der Waals surface area contributed by atoms with Crippen LogP contribution in [0.15, 0.2) is 22.7 Å². The summed E-state index contributed by atoms with van der Waals surface area (Å²) in [6, 6.07) is 5.90. The quantitative estimate of drug-likeness (QED) is 0.887. The summed E-state index contributed by atoms with van der Waals surface area (Å²) in [5, 5.41) is 5.91. The van der Waals surface area contributed by atoms with E-state index in [0.29, 0.717) is 12.6 Å². The van der Waals surface area contributed by atoms with Crippen LogP contribution < -0.4 is 10.6 Å². The number of nitrogens with one attached hydrogen (secondary N) is 2. The van der Waals surface area contributed by atoms with Crippen LogP contribution in [0, 0.1) is 0 Å². The highest BCUT2D eigenvalue weighted by atomic mass is 79.9. The highest BCUT2D eigenvalue weighted by molar-refractivity contribution is 9.10. The number of hydrogen-bond donors (Lipinski definition) is 2. The van der Waals surface area contributed by atoms with Gasteiger partial charge in [0.15, 0.2) is 0 Å². The van der Waals surface area contributed by atoms with E-state index in [1.807, 2.05) is 18.2 Å². The zero-order valence-corrected chi connectivity index (χ0v) is 12.6. The molecule has 2 amide bonds. The Morgan fingerprint density at radius 1 is 1.42 bits per heavy atom. The minimum Gasteiger partial charge on any atom is -0.380 e. The predicted molar refractivity (Wildman–Crippen MR) is 79.3 cm³/mol. The lowest BCUT2D eigenvalue weighted by atomic mass is 10.2. The molecule has 0 atom stereocenters. The molecule has 19 heavy (non-hydrogen) atoms. The first-order valence-electron chi connectivity index (χ1n) is 6.54. The fourth-order valence-corrected chi connectivity index (χ4v) is 2.86. The van der Waals surface area contributed by atoms with Crippen molar-refractivity contribution < 1.29 is 9.53 Å². The molecule has 1 aliphatic rings. The average molecular weight is 327 g/mol. The van der Waals surface area contributed by atoms with Gasteiger partial charge in [0.25, 0.3) is 0 Å². The second kappa shape index (κ2) is 6.91. The molecule has 1 fully saturated rings. The standard InChI is InChI=1S/C14H19BrN2O2/c1-19-9-11-12(15)7-4-8-13(11)17-14(18)16-10-5-2-3-6-10/h4,7-8,10H,2-3,5-6,9H2,1H3,(H2,16,17,18). The molecule has 1 aliphatic carbocycles. The second-order valence-corrected chi connectivity index (χ2v) is 5.63. The van der Waals surface area contributed by atoms with E-state index in [4.69, 9.17) is 4.74 Å². The summed E-state index contributed by atoms with van der Waals surface area (Å²) < 4.78 is 6.10. The molecule has 0 bridgehead atoms. The lowest BCUT2D eigenvalue weighted by Crippen LogP contribution is -2.36. The van der Waals surface area contributed by atoms with Crippen LogP contribution in [-0.2, 0) is 11.3 Å². The van der Waals surface area contributed by atoms with E-state index in [-0.39, 0.29) is 6.03 Å². The molecule has 0 aromatic heterocycles.